The molecule has 7 nitrogen and oxygen atoms in total. The largest absolute Gasteiger partial charge is 0.454 e. The lowest BCUT2D eigenvalue weighted by atomic mass is 10.0. The van der Waals surface area contributed by atoms with Gasteiger partial charge in [-0.15, -0.1) is 0 Å². The maximum atomic E-state index is 13.0. The zero-order valence-electron chi connectivity index (χ0n) is 16.7. The molecule has 29 heavy (non-hydrogen) atoms. The smallest absolute Gasteiger partial charge is 0.241 e. The van der Waals surface area contributed by atoms with Gasteiger partial charge in [-0.1, -0.05) is 12.1 Å². The molecule has 4 rings (SSSR count). The highest BCUT2D eigenvalue weighted by Gasteiger charge is 2.30. The third-order valence-electron chi connectivity index (χ3n) is 5.54. The summed E-state index contributed by atoms with van der Waals surface area (Å²) in [5, 5.41) is 0. The number of rotatable bonds is 6. The number of quaternary nitrogens is 1. The molecule has 1 saturated heterocycles. The van der Waals surface area contributed by atoms with Crippen LogP contribution in [0.15, 0.2) is 41.3 Å². The second-order valence-electron chi connectivity index (χ2n) is 7.56. The molecule has 0 aliphatic carbocycles. The summed E-state index contributed by atoms with van der Waals surface area (Å²) in [4.78, 5) is 1.62. The van der Waals surface area contributed by atoms with Crippen molar-refractivity contribution in [2.24, 2.45) is 0 Å². The third kappa shape index (κ3) is 4.40. The van der Waals surface area contributed by atoms with Gasteiger partial charge >= 0.3 is 0 Å². The van der Waals surface area contributed by atoms with Gasteiger partial charge in [-0.3, -0.25) is 0 Å². The van der Waals surface area contributed by atoms with Gasteiger partial charge in [-0.05, 0) is 49.2 Å². The molecule has 2 aliphatic rings. The summed E-state index contributed by atoms with van der Waals surface area (Å²) >= 11 is 0. The predicted octanol–water partition coefficient (Wildman–Crippen LogP) is 0.967. The number of fused-ring (bicyclic) bond motifs is 1. The Labute approximate surface area is 171 Å². The van der Waals surface area contributed by atoms with Crippen molar-refractivity contribution in [2.45, 2.75) is 24.8 Å². The van der Waals surface area contributed by atoms with E-state index in [-0.39, 0.29) is 12.8 Å². The van der Waals surface area contributed by atoms with Gasteiger partial charge in [0.15, 0.2) is 11.5 Å². The molecule has 2 aliphatic heterocycles. The molecule has 156 valence electrons. The lowest BCUT2D eigenvalue weighted by Crippen LogP contribution is -3.15. The summed E-state index contributed by atoms with van der Waals surface area (Å²) in [7, 11) is -3.62. The first-order valence-electron chi connectivity index (χ1n) is 9.83. The van der Waals surface area contributed by atoms with Crippen molar-refractivity contribution in [3.05, 3.63) is 53.1 Å². The van der Waals surface area contributed by atoms with Gasteiger partial charge in [0.1, 0.15) is 19.1 Å². The van der Waals surface area contributed by atoms with Crippen molar-refractivity contribution in [3.63, 3.8) is 0 Å². The Hall–Kier alpha value is -2.13. The lowest BCUT2D eigenvalue weighted by molar-refractivity contribution is -0.937. The van der Waals surface area contributed by atoms with Crippen LogP contribution < -0.4 is 19.1 Å². The van der Waals surface area contributed by atoms with Gasteiger partial charge in [0.2, 0.25) is 16.8 Å². The van der Waals surface area contributed by atoms with Crippen LogP contribution in [0.1, 0.15) is 22.7 Å². The van der Waals surface area contributed by atoms with Crippen molar-refractivity contribution in [1.29, 1.82) is 0 Å². The number of morpholine rings is 1. The highest BCUT2D eigenvalue weighted by Crippen LogP contribution is 2.33. The Balaban J connectivity index is 1.59. The molecule has 0 saturated carbocycles. The molecule has 2 N–H and O–H groups in total. The molecule has 8 heteroatoms. The first-order chi connectivity index (χ1) is 13.9. The summed E-state index contributed by atoms with van der Waals surface area (Å²) in [5.41, 5.74) is 2.68. The molecule has 0 radical (unpaired) electrons. The highest BCUT2D eigenvalue weighted by molar-refractivity contribution is 7.89. The van der Waals surface area contributed by atoms with Crippen molar-refractivity contribution < 1.29 is 27.5 Å². The van der Waals surface area contributed by atoms with Crippen LogP contribution in [0.4, 0.5) is 0 Å². The minimum absolute atomic E-state index is 0.0479. The molecule has 0 aromatic heterocycles. The zero-order valence-corrected chi connectivity index (χ0v) is 17.6. The molecular weight excluding hydrogens is 392 g/mol. The van der Waals surface area contributed by atoms with Gasteiger partial charge in [0.05, 0.1) is 24.7 Å². The summed E-state index contributed by atoms with van der Waals surface area (Å²) in [6.45, 7) is 7.20. The van der Waals surface area contributed by atoms with Gasteiger partial charge in [-0.25, -0.2) is 13.1 Å². The molecular formula is C21H27N2O5S+. The minimum atomic E-state index is -3.62. The minimum Gasteiger partial charge on any atom is -0.454 e. The molecule has 0 unspecified atom stereocenters. The van der Waals surface area contributed by atoms with E-state index in [4.69, 9.17) is 14.2 Å². The Kier molecular flexibility index (Phi) is 5.78. The Bertz CT molecular complexity index is 987. The molecule has 2 aromatic rings. The zero-order chi connectivity index (χ0) is 20.4. The lowest BCUT2D eigenvalue weighted by Gasteiger charge is -2.32. The van der Waals surface area contributed by atoms with Gasteiger partial charge in [0, 0.05) is 5.56 Å². The van der Waals surface area contributed by atoms with E-state index in [2.05, 4.69) is 4.72 Å². The predicted molar refractivity (Wildman–Crippen MR) is 108 cm³/mol. The molecule has 2 heterocycles. The highest BCUT2D eigenvalue weighted by atomic mass is 32.2. The summed E-state index contributed by atoms with van der Waals surface area (Å²) in [6.07, 6.45) is 0. The molecule has 0 bridgehead atoms. The van der Waals surface area contributed by atoms with Crippen LogP contribution in [0.5, 0.6) is 11.5 Å². The Morgan fingerprint density at radius 1 is 1.03 bits per heavy atom. The fraction of sp³-hybridized carbons (Fsp3) is 0.429. The summed E-state index contributed by atoms with van der Waals surface area (Å²) in [5.74, 6) is 1.43. The van der Waals surface area contributed by atoms with Crippen LogP contribution in [0, 0.1) is 13.8 Å². The SMILES string of the molecule is Cc1ccc(C)c(S(=O)(=O)NC[C@@H](c2ccc3c(c2)OCO3)[NH+]2CCOCC2)c1. The van der Waals surface area contributed by atoms with Crippen LogP contribution in [0.3, 0.4) is 0 Å². The van der Waals surface area contributed by atoms with Crippen LogP contribution in [0.2, 0.25) is 0 Å². The summed E-state index contributed by atoms with van der Waals surface area (Å²) in [6, 6.07) is 11.3. The first kappa shape index (κ1) is 20.2. The number of hydrogen-bond acceptors (Lipinski definition) is 5. The second-order valence-corrected chi connectivity index (χ2v) is 9.29. The normalized spacial score (nSPS) is 18.0. The van der Waals surface area contributed by atoms with E-state index in [9.17, 15) is 8.42 Å². The molecule has 0 spiro atoms. The van der Waals surface area contributed by atoms with Crippen LogP contribution >= 0.6 is 0 Å². The molecule has 1 atom stereocenters. The third-order valence-corrected chi connectivity index (χ3v) is 7.10. The van der Waals surface area contributed by atoms with E-state index in [0.29, 0.717) is 30.4 Å². The average molecular weight is 420 g/mol. The Morgan fingerprint density at radius 3 is 2.59 bits per heavy atom. The fourth-order valence-electron chi connectivity index (χ4n) is 3.88. The summed E-state index contributed by atoms with van der Waals surface area (Å²) < 4.78 is 45.3. The second kappa shape index (κ2) is 8.31. The van der Waals surface area contributed by atoms with Crippen molar-refractivity contribution >= 4 is 10.0 Å². The van der Waals surface area contributed by atoms with Crippen LogP contribution in [-0.4, -0.2) is 48.1 Å². The number of aryl methyl sites for hydroxylation is 2. The van der Waals surface area contributed by atoms with Gasteiger partial charge in [0.25, 0.3) is 0 Å². The van der Waals surface area contributed by atoms with Gasteiger partial charge in [-0.2, -0.15) is 0 Å². The van der Waals surface area contributed by atoms with E-state index in [1.807, 2.05) is 44.2 Å². The van der Waals surface area contributed by atoms with Gasteiger partial charge < -0.3 is 19.1 Å². The van der Waals surface area contributed by atoms with Crippen molar-refractivity contribution in [2.75, 3.05) is 39.6 Å². The van der Waals surface area contributed by atoms with E-state index in [1.54, 1.807) is 6.07 Å². The number of ether oxygens (including phenoxy) is 3. The molecule has 0 amide bonds. The maximum absolute atomic E-state index is 13.0. The van der Waals surface area contributed by atoms with E-state index in [1.165, 1.54) is 4.90 Å². The maximum Gasteiger partial charge on any atom is 0.241 e. The average Bonchev–Trinajstić information content (AvgIpc) is 3.18. The van der Waals surface area contributed by atoms with E-state index >= 15 is 0 Å². The fourth-order valence-corrected chi connectivity index (χ4v) is 5.25. The number of benzene rings is 2. The molecule has 1 fully saturated rings. The van der Waals surface area contributed by atoms with Crippen molar-refractivity contribution in [3.8, 4) is 11.5 Å². The van der Waals surface area contributed by atoms with Crippen molar-refractivity contribution in [1.82, 2.24) is 4.72 Å². The van der Waals surface area contributed by atoms with Crippen LogP contribution in [-0.2, 0) is 14.8 Å². The monoisotopic (exact) mass is 419 g/mol. The number of hydrogen-bond donors (Lipinski definition) is 2. The number of sulfonamides is 1. The number of nitrogens with one attached hydrogen (secondary N) is 2. The first-order valence-corrected chi connectivity index (χ1v) is 11.3. The van der Waals surface area contributed by atoms with E-state index in [0.717, 1.165) is 35.5 Å². The quantitative estimate of drug-likeness (QED) is 0.730. The Morgan fingerprint density at radius 2 is 1.79 bits per heavy atom. The standard InChI is InChI=1S/C21H26N2O5S/c1-15-3-4-16(2)21(11-15)29(24,25)22-13-18(23-7-9-26-10-8-23)17-5-6-19-20(12-17)28-14-27-19/h3-6,11-12,18,22H,7-10,13-14H2,1-2H3/p+1/t18-/m0/s1. The van der Waals surface area contributed by atoms with Crippen LogP contribution in [0.25, 0.3) is 0 Å². The topological polar surface area (TPSA) is 78.3 Å². The van der Waals surface area contributed by atoms with E-state index < -0.39 is 10.0 Å². The molecule has 2 aromatic carbocycles.